The number of carbonyl (C=O) groups excluding carboxylic acids is 4. The minimum absolute atomic E-state index is 0.0849. The van der Waals surface area contributed by atoms with Gasteiger partial charge in [0.25, 0.3) is 0 Å². The lowest BCUT2D eigenvalue weighted by molar-refractivity contribution is -0.562. The van der Waals surface area contributed by atoms with E-state index in [4.69, 9.17) is 18.9 Å². The third-order valence-corrected chi connectivity index (χ3v) is 8.88. The van der Waals surface area contributed by atoms with Crippen molar-refractivity contribution < 1.29 is 53.4 Å². The van der Waals surface area contributed by atoms with E-state index in [0.29, 0.717) is 5.57 Å². The third kappa shape index (κ3) is 2.31. The van der Waals surface area contributed by atoms with Crippen molar-refractivity contribution in [1.82, 2.24) is 0 Å². The van der Waals surface area contributed by atoms with Gasteiger partial charge in [-0.2, -0.15) is 0 Å². The van der Waals surface area contributed by atoms with Crippen LogP contribution in [0.1, 0.15) is 41.0 Å². The van der Waals surface area contributed by atoms with Gasteiger partial charge < -0.3 is 34.3 Å². The first-order valence-electron chi connectivity index (χ1n) is 11.3. The van der Waals surface area contributed by atoms with Crippen LogP contribution in [0.25, 0.3) is 0 Å². The minimum atomic E-state index is -2.31. The van der Waals surface area contributed by atoms with Crippen LogP contribution in [0, 0.1) is 23.2 Å². The first-order chi connectivity index (χ1) is 15.7. The number of ether oxygens (including phenoxy) is 4. The third-order valence-electron chi connectivity index (χ3n) is 8.88. The second kappa shape index (κ2) is 6.66. The van der Waals surface area contributed by atoms with E-state index in [0.717, 1.165) is 13.8 Å². The van der Waals surface area contributed by atoms with Gasteiger partial charge >= 0.3 is 17.9 Å². The monoisotopic (exact) mass is 480 g/mol. The molecule has 34 heavy (non-hydrogen) atoms. The molecular weight excluding hydrogens is 452 g/mol. The van der Waals surface area contributed by atoms with Gasteiger partial charge in [0, 0.05) is 25.2 Å². The minimum Gasteiger partial charge on any atom is -0.456 e. The molecule has 3 aliphatic heterocycles. The molecule has 6 rings (SSSR count). The molecule has 1 spiro atoms. The molecule has 0 aromatic rings. The normalized spacial score (nSPS) is 52.8. The largest absolute Gasteiger partial charge is 0.456 e. The fourth-order valence-corrected chi connectivity index (χ4v) is 7.74. The highest BCUT2D eigenvalue weighted by molar-refractivity contribution is 5.96. The van der Waals surface area contributed by atoms with Crippen LogP contribution >= 0.6 is 0 Å². The van der Waals surface area contributed by atoms with Crippen molar-refractivity contribution in [2.24, 2.45) is 23.2 Å². The van der Waals surface area contributed by atoms with E-state index in [1.165, 1.54) is 13.0 Å². The van der Waals surface area contributed by atoms with Gasteiger partial charge in [-0.25, -0.2) is 4.79 Å². The van der Waals surface area contributed by atoms with Gasteiger partial charge in [0.05, 0.1) is 5.92 Å². The number of esters is 3. The van der Waals surface area contributed by atoms with Crippen LogP contribution in [0.15, 0.2) is 11.6 Å². The summed E-state index contributed by atoms with van der Waals surface area (Å²) in [5.74, 6) is -8.37. The lowest BCUT2D eigenvalue weighted by Gasteiger charge is -2.81. The summed E-state index contributed by atoms with van der Waals surface area (Å²) in [4.78, 5) is 49.6. The zero-order chi connectivity index (χ0) is 25.2. The number of carbonyl (C=O) groups is 4. The van der Waals surface area contributed by atoms with E-state index in [1.807, 2.05) is 0 Å². The molecule has 186 valence electrons. The SMILES string of the molecule is CC(=O)OC1C(=O)O[C@@H]2CC3C(C)=CC(=O)[C@@H](O)[C@]3(C)[C@H]3[C@@]4(O)O[C@]32[C@]1(O)[C@@H](C)[C@H]4OC(C)=O. The number of aliphatic hydroxyl groups excluding tert-OH is 1. The predicted octanol–water partition coefficient (Wildman–Crippen LogP) is -0.854. The van der Waals surface area contributed by atoms with Crippen LogP contribution in [0.2, 0.25) is 0 Å². The number of fused-ring (bicyclic) bond motifs is 2. The summed E-state index contributed by atoms with van der Waals surface area (Å²) in [6.07, 6.45) is -4.63. The van der Waals surface area contributed by atoms with Crippen LogP contribution in [0.3, 0.4) is 0 Å². The summed E-state index contributed by atoms with van der Waals surface area (Å²) in [7, 11) is 0. The van der Waals surface area contributed by atoms with Crippen molar-refractivity contribution in [1.29, 1.82) is 0 Å². The van der Waals surface area contributed by atoms with E-state index in [1.54, 1.807) is 13.8 Å². The maximum Gasteiger partial charge on any atom is 0.351 e. The van der Waals surface area contributed by atoms with Gasteiger partial charge in [-0.15, -0.1) is 0 Å². The zero-order valence-corrected chi connectivity index (χ0v) is 19.4. The standard InChI is InChI=1S/C23H28O11/c1-8-6-13(26)15(27)20(5)12(8)7-14-22-19(20)23(30,34-22)16(31-10(3)24)9(2)21(22,29)17(18(28)33-14)32-11(4)25/h6,9,12,14-17,19,27,29-30H,7H2,1-5H3/t9-,12?,14+,15+,16+,17?,19+,20+,21-,22-,23-/m0/s1. The number of allylic oxidation sites excluding steroid dienone is 1. The molecule has 11 atom stereocenters. The van der Waals surface area contributed by atoms with Gasteiger partial charge in [0.1, 0.15) is 12.2 Å². The number of ketones is 1. The highest BCUT2D eigenvalue weighted by Crippen LogP contribution is 2.76. The van der Waals surface area contributed by atoms with Gasteiger partial charge in [0.15, 0.2) is 23.1 Å². The second-order valence-corrected chi connectivity index (χ2v) is 10.5. The zero-order valence-electron chi connectivity index (χ0n) is 19.4. The molecule has 0 radical (unpaired) electrons. The summed E-state index contributed by atoms with van der Waals surface area (Å²) in [6, 6.07) is 0. The molecule has 2 unspecified atom stereocenters. The molecule has 0 aromatic carbocycles. The van der Waals surface area contributed by atoms with Crippen molar-refractivity contribution in [3.63, 3.8) is 0 Å². The molecule has 2 bridgehead atoms. The van der Waals surface area contributed by atoms with E-state index < -0.39 is 88.3 Å². The molecule has 6 aliphatic rings. The fourth-order valence-electron chi connectivity index (χ4n) is 7.74. The van der Waals surface area contributed by atoms with E-state index in [2.05, 4.69) is 0 Å². The smallest absolute Gasteiger partial charge is 0.351 e. The molecule has 5 fully saturated rings. The van der Waals surface area contributed by atoms with Gasteiger partial charge in [-0.1, -0.05) is 19.4 Å². The lowest BCUT2D eigenvalue weighted by Crippen LogP contribution is -2.99. The van der Waals surface area contributed by atoms with Crippen molar-refractivity contribution >= 4 is 23.7 Å². The Bertz CT molecular complexity index is 1050. The first kappa shape index (κ1) is 23.4. The van der Waals surface area contributed by atoms with Crippen molar-refractivity contribution in [3.05, 3.63) is 11.6 Å². The number of hydrogen-bond donors (Lipinski definition) is 3. The lowest BCUT2D eigenvalue weighted by atomic mass is 9.36. The Hall–Kier alpha value is -2.34. The van der Waals surface area contributed by atoms with Gasteiger partial charge in [-0.3, -0.25) is 14.4 Å². The Morgan fingerprint density at radius 1 is 1.15 bits per heavy atom. The summed E-state index contributed by atoms with van der Waals surface area (Å²) in [5, 5.41) is 35.2. The van der Waals surface area contributed by atoms with Crippen LogP contribution in [-0.4, -0.2) is 80.4 Å². The average Bonchev–Trinajstić information content (AvgIpc) is 2.71. The predicted molar refractivity (Wildman–Crippen MR) is 108 cm³/mol. The van der Waals surface area contributed by atoms with Crippen molar-refractivity contribution in [3.8, 4) is 0 Å². The Labute approximate surface area is 195 Å². The quantitative estimate of drug-likeness (QED) is 0.333. The topological polar surface area (TPSA) is 166 Å². The van der Waals surface area contributed by atoms with Crippen LogP contribution in [-0.2, 0) is 38.1 Å². The molecule has 3 heterocycles. The highest BCUT2D eigenvalue weighted by atomic mass is 16.7. The Morgan fingerprint density at radius 3 is 2.35 bits per heavy atom. The molecule has 3 N–H and O–H groups in total. The van der Waals surface area contributed by atoms with Gasteiger partial charge in [0.2, 0.25) is 11.9 Å². The molecule has 11 nitrogen and oxygen atoms in total. The Morgan fingerprint density at radius 2 is 1.76 bits per heavy atom. The van der Waals surface area contributed by atoms with Gasteiger partial charge in [-0.05, 0) is 25.3 Å². The molecule has 0 aromatic heterocycles. The van der Waals surface area contributed by atoms with E-state index in [9.17, 15) is 34.5 Å². The molecular formula is C23H28O11. The fraction of sp³-hybridized carbons (Fsp3) is 0.739. The highest BCUT2D eigenvalue weighted by Gasteiger charge is 2.94. The Kier molecular flexibility index (Phi) is 4.58. The Balaban J connectivity index is 1.78. The van der Waals surface area contributed by atoms with E-state index in [-0.39, 0.29) is 6.42 Å². The second-order valence-electron chi connectivity index (χ2n) is 10.5. The van der Waals surface area contributed by atoms with Crippen LogP contribution in [0.5, 0.6) is 0 Å². The summed E-state index contributed by atoms with van der Waals surface area (Å²) in [5.41, 5.74) is -4.92. The van der Waals surface area contributed by atoms with Crippen molar-refractivity contribution in [2.45, 2.75) is 82.4 Å². The molecule has 3 saturated heterocycles. The summed E-state index contributed by atoms with van der Waals surface area (Å²) < 4.78 is 22.3. The number of aliphatic hydroxyl groups is 3. The molecule has 3 aliphatic carbocycles. The van der Waals surface area contributed by atoms with Crippen molar-refractivity contribution in [2.75, 3.05) is 0 Å². The first-order valence-corrected chi connectivity index (χ1v) is 11.3. The molecule has 0 amide bonds. The average molecular weight is 480 g/mol. The maximum atomic E-state index is 13.0. The molecule has 2 saturated carbocycles. The van der Waals surface area contributed by atoms with E-state index >= 15 is 0 Å². The summed E-state index contributed by atoms with van der Waals surface area (Å²) in [6.45, 7) is 6.93. The van der Waals surface area contributed by atoms with Crippen LogP contribution in [0.4, 0.5) is 0 Å². The number of hydrogen-bond acceptors (Lipinski definition) is 11. The van der Waals surface area contributed by atoms with Crippen LogP contribution < -0.4 is 0 Å². The molecule has 11 heteroatoms. The maximum absolute atomic E-state index is 13.0. The number of rotatable bonds is 2. The summed E-state index contributed by atoms with van der Waals surface area (Å²) >= 11 is 0.